The van der Waals surface area contributed by atoms with Crippen LogP contribution in [0.5, 0.6) is 5.75 Å². The highest BCUT2D eigenvalue weighted by molar-refractivity contribution is 7.07. The average Bonchev–Trinajstić information content (AvgIpc) is 2.91. The zero-order valence-electron chi connectivity index (χ0n) is 11.1. The molecule has 0 atom stereocenters. The lowest BCUT2D eigenvalue weighted by atomic mass is 10.1. The SMILES string of the molecule is CCC(CC)Oc1ccc(Cc2ccsc2)cc1. The van der Waals surface area contributed by atoms with Crippen LogP contribution in [-0.4, -0.2) is 6.10 Å². The Kier molecular flexibility index (Phi) is 4.82. The Morgan fingerprint density at radius 3 is 2.28 bits per heavy atom. The minimum absolute atomic E-state index is 0.340. The standard InChI is InChI=1S/C16H20OS/c1-3-15(4-2)17-16-7-5-13(6-8-16)11-14-9-10-18-12-14/h5-10,12,15H,3-4,11H2,1-2H3. The van der Waals surface area contributed by atoms with E-state index in [9.17, 15) is 0 Å². The van der Waals surface area contributed by atoms with Gasteiger partial charge in [-0.2, -0.15) is 11.3 Å². The largest absolute Gasteiger partial charge is 0.490 e. The van der Waals surface area contributed by atoms with Crippen LogP contribution < -0.4 is 4.74 Å². The molecule has 0 radical (unpaired) electrons. The number of benzene rings is 1. The molecule has 0 spiro atoms. The molecule has 0 saturated carbocycles. The highest BCUT2D eigenvalue weighted by Crippen LogP contribution is 2.18. The lowest BCUT2D eigenvalue weighted by Gasteiger charge is -2.15. The number of ether oxygens (including phenoxy) is 1. The van der Waals surface area contributed by atoms with Crippen molar-refractivity contribution >= 4 is 11.3 Å². The summed E-state index contributed by atoms with van der Waals surface area (Å²) in [6, 6.07) is 10.7. The predicted octanol–water partition coefficient (Wildman–Crippen LogP) is 4.91. The second-order valence-electron chi connectivity index (χ2n) is 4.51. The summed E-state index contributed by atoms with van der Waals surface area (Å²) < 4.78 is 5.91. The molecule has 0 aliphatic heterocycles. The van der Waals surface area contributed by atoms with E-state index < -0.39 is 0 Å². The molecule has 1 aromatic heterocycles. The van der Waals surface area contributed by atoms with Gasteiger partial charge in [-0.05, 0) is 59.3 Å². The van der Waals surface area contributed by atoms with Crippen molar-refractivity contribution in [3.63, 3.8) is 0 Å². The van der Waals surface area contributed by atoms with E-state index in [-0.39, 0.29) is 0 Å². The molecule has 18 heavy (non-hydrogen) atoms. The quantitative estimate of drug-likeness (QED) is 0.717. The fourth-order valence-electron chi connectivity index (χ4n) is 1.96. The van der Waals surface area contributed by atoms with E-state index in [1.54, 1.807) is 11.3 Å². The van der Waals surface area contributed by atoms with Gasteiger partial charge in [-0.1, -0.05) is 26.0 Å². The summed E-state index contributed by atoms with van der Waals surface area (Å²) in [5, 5.41) is 4.33. The molecule has 0 aliphatic carbocycles. The van der Waals surface area contributed by atoms with Crippen LogP contribution in [0.1, 0.15) is 37.8 Å². The molecule has 0 unspecified atom stereocenters. The zero-order chi connectivity index (χ0) is 12.8. The molecular weight excluding hydrogens is 240 g/mol. The Morgan fingerprint density at radius 1 is 1.00 bits per heavy atom. The maximum Gasteiger partial charge on any atom is 0.119 e. The first kappa shape index (κ1) is 13.2. The molecular formula is C16H20OS. The Balaban J connectivity index is 1.97. The van der Waals surface area contributed by atoms with Gasteiger partial charge in [0.1, 0.15) is 5.75 Å². The van der Waals surface area contributed by atoms with Crippen LogP contribution in [-0.2, 0) is 6.42 Å². The van der Waals surface area contributed by atoms with E-state index in [4.69, 9.17) is 4.74 Å². The van der Waals surface area contributed by atoms with Crippen molar-refractivity contribution in [3.8, 4) is 5.75 Å². The summed E-state index contributed by atoms with van der Waals surface area (Å²) in [5.41, 5.74) is 2.72. The van der Waals surface area contributed by atoms with Crippen molar-refractivity contribution in [1.29, 1.82) is 0 Å². The van der Waals surface area contributed by atoms with Gasteiger partial charge in [0.05, 0.1) is 6.10 Å². The molecule has 0 N–H and O–H groups in total. The van der Waals surface area contributed by atoms with E-state index in [1.807, 2.05) is 0 Å². The molecule has 2 heteroatoms. The molecule has 96 valence electrons. The number of rotatable bonds is 6. The summed E-state index contributed by atoms with van der Waals surface area (Å²) >= 11 is 1.75. The fourth-order valence-corrected chi connectivity index (χ4v) is 2.63. The third-order valence-electron chi connectivity index (χ3n) is 3.13. The summed E-state index contributed by atoms with van der Waals surface area (Å²) in [7, 11) is 0. The van der Waals surface area contributed by atoms with Crippen LogP contribution in [0.15, 0.2) is 41.1 Å². The first-order valence-electron chi connectivity index (χ1n) is 6.58. The van der Waals surface area contributed by atoms with Crippen molar-refractivity contribution in [1.82, 2.24) is 0 Å². The Bertz CT molecular complexity index is 440. The summed E-state index contributed by atoms with van der Waals surface area (Å²) in [6.45, 7) is 4.33. The van der Waals surface area contributed by atoms with E-state index in [1.165, 1.54) is 11.1 Å². The summed E-state index contributed by atoms with van der Waals surface area (Å²) in [4.78, 5) is 0. The van der Waals surface area contributed by atoms with E-state index in [2.05, 4.69) is 54.9 Å². The molecule has 0 aliphatic rings. The normalized spacial score (nSPS) is 10.8. The van der Waals surface area contributed by atoms with Crippen molar-refractivity contribution in [2.24, 2.45) is 0 Å². The lowest BCUT2D eigenvalue weighted by Crippen LogP contribution is -2.13. The first-order valence-corrected chi connectivity index (χ1v) is 7.52. The maximum atomic E-state index is 5.91. The second kappa shape index (κ2) is 6.60. The Morgan fingerprint density at radius 2 is 1.72 bits per heavy atom. The van der Waals surface area contributed by atoms with E-state index in [0.717, 1.165) is 25.0 Å². The topological polar surface area (TPSA) is 9.23 Å². The van der Waals surface area contributed by atoms with Crippen molar-refractivity contribution in [2.75, 3.05) is 0 Å². The minimum Gasteiger partial charge on any atom is -0.490 e. The van der Waals surface area contributed by atoms with Gasteiger partial charge >= 0.3 is 0 Å². The van der Waals surface area contributed by atoms with Crippen LogP contribution in [0.4, 0.5) is 0 Å². The third-order valence-corrected chi connectivity index (χ3v) is 3.86. The number of thiophene rings is 1. The Labute approximate surface area is 113 Å². The van der Waals surface area contributed by atoms with Gasteiger partial charge in [-0.15, -0.1) is 0 Å². The van der Waals surface area contributed by atoms with Crippen molar-refractivity contribution in [3.05, 3.63) is 52.2 Å². The zero-order valence-corrected chi connectivity index (χ0v) is 11.9. The summed E-state index contributed by atoms with van der Waals surface area (Å²) in [6.07, 6.45) is 3.47. The van der Waals surface area contributed by atoms with E-state index in [0.29, 0.717) is 6.10 Å². The lowest BCUT2D eigenvalue weighted by molar-refractivity contribution is 0.193. The fraction of sp³-hybridized carbons (Fsp3) is 0.375. The van der Waals surface area contributed by atoms with Crippen LogP contribution in [0.2, 0.25) is 0 Å². The number of hydrogen-bond acceptors (Lipinski definition) is 2. The van der Waals surface area contributed by atoms with Gasteiger partial charge in [0, 0.05) is 0 Å². The van der Waals surface area contributed by atoms with Crippen LogP contribution in [0.3, 0.4) is 0 Å². The highest BCUT2D eigenvalue weighted by Gasteiger charge is 2.05. The molecule has 2 rings (SSSR count). The van der Waals surface area contributed by atoms with Gasteiger partial charge in [0.2, 0.25) is 0 Å². The molecule has 2 aromatic rings. The van der Waals surface area contributed by atoms with Gasteiger partial charge in [0.15, 0.2) is 0 Å². The van der Waals surface area contributed by atoms with Gasteiger partial charge < -0.3 is 4.74 Å². The average molecular weight is 260 g/mol. The Hall–Kier alpha value is -1.28. The predicted molar refractivity (Wildman–Crippen MR) is 78.6 cm³/mol. The highest BCUT2D eigenvalue weighted by atomic mass is 32.1. The number of hydrogen-bond donors (Lipinski definition) is 0. The van der Waals surface area contributed by atoms with E-state index >= 15 is 0 Å². The second-order valence-corrected chi connectivity index (χ2v) is 5.29. The van der Waals surface area contributed by atoms with Crippen LogP contribution in [0, 0.1) is 0 Å². The first-order chi connectivity index (χ1) is 8.81. The van der Waals surface area contributed by atoms with Gasteiger partial charge in [0.25, 0.3) is 0 Å². The molecule has 0 fully saturated rings. The molecule has 0 saturated heterocycles. The van der Waals surface area contributed by atoms with Gasteiger partial charge in [-0.3, -0.25) is 0 Å². The monoisotopic (exact) mass is 260 g/mol. The van der Waals surface area contributed by atoms with Crippen LogP contribution >= 0.6 is 11.3 Å². The van der Waals surface area contributed by atoms with Crippen molar-refractivity contribution in [2.45, 2.75) is 39.2 Å². The molecule has 1 aromatic carbocycles. The van der Waals surface area contributed by atoms with Crippen LogP contribution in [0.25, 0.3) is 0 Å². The molecule has 0 amide bonds. The molecule has 0 bridgehead atoms. The third kappa shape index (κ3) is 3.61. The van der Waals surface area contributed by atoms with Crippen molar-refractivity contribution < 1.29 is 4.74 Å². The smallest absolute Gasteiger partial charge is 0.119 e. The van der Waals surface area contributed by atoms with Gasteiger partial charge in [-0.25, -0.2) is 0 Å². The molecule has 1 nitrogen and oxygen atoms in total. The maximum absolute atomic E-state index is 5.91. The minimum atomic E-state index is 0.340. The summed E-state index contributed by atoms with van der Waals surface area (Å²) in [5.74, 6) is 0.984. The molecule has 1 heterocycles.